The number of hydrogen-bond acceptors (Lipinski definition) is 2. The lowest BCUT2D eigenvalue weighted by Gasteiger charge is -2.17. The molecule has 2 nitrogen and oxygen atoms in total. The van der Waals surface area contributed by atoms with Gasteiger partial charge in [0.1, 0.15) is 5.75 Å². The van der Waals surface area contributed by atoms with Crippen LogP contribution in [-0.2, 0) is 0 Å². The van der Waals surface area contributed by atoms with Crippen LogP contribution in [0.2, 0.25) is 5.02 Å². The van der Waals surface area contributed by atoms with Crippen molar-refractivity contribution in [2.45, 2.75) is 26.3 Å². The molecule has 0 saturated heterocycles. The van der Waals surface area contributed by atoms with E-state index >= 15 is 0 Å². The van der Waals surface area contributed by atoms with E-state index < -0.39 is 0 Å². The SMILES string of the molecule is CCNC(CC)c1ccc(-c2cc(Cl)ccc2OC)cc1. The summed E-state index contributed by atoms with van der Waals surface area (Å²) in [6.45, 7) is 5.30. The molecule has 0 aromatic heterocycles. The Bertz CT molecular complexity index is 580. The first-order chi connectivity index (χ1) is 10.2. The molecule has 2 aromatic rings. The molecule has 0 aliphatic rings. The topological polar surface area (TPSA) is 21.3 Å². The summed E-state index contributed by atoms with van der Waals surface area (Å²) in [4.78, 5) is 0. The van der Waals surface area contributed by atoms with E-state index in [0.29, 0.717) is 11.1 Å². The van der Waals surface area contributed by atoms with Crippen LogP contribution < -0.4 is 10.1 Å². The highest BCUT2D eigenvalue weighted by Crippen LogP contribution is 2.33. The lowest BCUT2D eigenvalue weighted by Crippen LogP contribution is -2.19. The van der Waals surface area contributed by atoms with Crippen LogP contribution in [0, 0.1) is 0 Å². The third-order valence-electron chi connectivity index (χ3n) is 3.64. The van der Waals surface area contributed by atoms with Crippen molar-refractivity contribution < 1.29 is 4.74 Å². The van der Waals surface area contributed by atoms with Crippen LogP contribution in [0.3, 0.4) is 0 Å². The van der Waals surface area contributed by atoms with Gasteiger partial charge in [-0.25, -0.2) is 0 Å². The predicted molar refractivity (Wildman–Crippen MR) is 90.1 cm³/mol. The van der Waals surface area contributed by atoms with Gasteiger partial charge in [0.2, 0.25) is 0 Å². The maximum atomic E-state index is 6.10. The average Bonchev–Trinajstić information content (AvgIpc) is 2.53. The molecule has 0 aliphatic carbocycles. The van der Waals surface area contributed by atoms with E-state index in [1.807, 2.05) is 18.2 Å². The molecule has 0 heterocycles. The van der Waals surface area contributed by atoms with E-state index in [1.165, 1.54) is 5.56 Å². The minimum Gasteiger partial charge on any atom is -0.496 e. The van der Waals surface area contributed by atoms with Crippen LogP contribution in [0.25, 0.3) is 11.1 Å². The molecule has 0 spiro atoms. The van der Waals surface area contributed by atoms with Crippen LogP contribution in [0.15, 0.2) is 42.5 Å². The van der Waals surface area contributed by atoms with Crippen molar-refractivity contribution in [3.63, 3.8) is 0 Å². The van der Waals surface area contributed by atoms with Crippen molar-refractivity contribution in [3.05, 3.63) is 53.1 Å². The first-order valence-corrected chi connectivity index (χ1v) is 7.74. The van der Waals surface area contributed by atoms with E-state index in [0.717, 1.165) is 29.8 Å². The van der Waals surface area contributed by atoms with Gasteiger partial charge in [0.15, 0.2) is 0 Å². The monoisotopic (exact) mass is 303 g/mol. The van der Waals surface area contributed by atoms with Gasteiger partial charge in [0.05, 0.1) is 7.11 Å². The molecule has 0 radical (unpaired) electrons. The first kappa shape index (κ1) is 15.9. The molecule has 2 aromatic carbocycles. The van der Waals surface area contributed by atoms with Crippen LogP contribution in [0.4, 0.5) is 0 Å². The quantitative estimate of drug-likeness (QED) is 0.804. The largest absolute Gasteiger partial charge is 0.496 e. The summed E-state index contributed by atoms with van der Waals surface area (Å²) >= 11 is 6.10. The standard InChI is InChI=1S/C18H22ClNO/c1-4-17(20-5-2)14-8-6-13(7-9-14)16-12-15(19)10-11-18(16)21-3/h6-12,17,20H,4-5H2,1-3H3. The van der Waals surface area contributed by atoms with Crippen LogP contribution in [-0.4, -0.2) is 13.7 Å². The number of halogens is 1. The summed E-state index contributed by atoms with van der Waals surface area (Å²) in [5.41, 5.74) is 3.45. The van der Waals surface area contributed by atoms with Crippen molar-refractivity contribution in [1.82, 2.24) is 5.32 Å². The molecular weight excluding hydrogens is 282 g/mol. The highest BCUT2D eigenvalue weighted by molar-refractivity contribution is 6.31. The number of methoxy groups -OCH3 is 1. The average molecular weight is 304 g/mol. The van der Waals surface area contributed by atoms with Gasteiger partial charge in [-0.2, -0.15) is 0 Å². The summed E-state index contributed by atoms with van der Waals surface area (Å²) in [6, 6.07) is 14.7. The van der Waals surface area contributed by atoms with Crippen LogP contribution in [0.5, 0.6) is 5.75 Å². The molecule has 1 atom stereocenters. The summed E-state index contributed by atoms with van der Waals surface area (Å²) in [6.07, 6.45) is 1.08. The van der Waals surface area contributed by atoms with Gasteiger partial charge < -0.3 is 10.1 Å². The minimum absolute atomic E-state index is 0.408. The Morgan fingerprint density at radius 2 is 1.81 bits per heavy atom. The first-order valence-electron chi connectivity index (χ1n) is 7.36. The Kier molecular flexibility index (Phi) is 5.66. The molecule has 0 aliphatic heterocycles. The Hall–Kier alpha value is -1.51. The van der Waals surface area contributed by atoms with Crippen molar-refractivity contribution in [1.29, 1.82) is 0 Å². The highest BCUT2D eigenvalue weighted by atomic mass is 35.5. The van der Waals surface area contributed by atoms with Gasteiger partial charge >= 0.3 is 0 Å². The summed E-state index contributed by atoms with van der Waals surface area (Å²) in [7, 11) is 1.68. The van der Waals surface area contributed by atoms with Crippen molar-refractivity contribution >= 4 is 11.6 Å². The predicted octanol–water partition coefficient (Wildman–Crippen LogP) is 5.08. The fourth-order valence-corrected chi connectivity index (χ4v) is 2.72. The number of hydrogen-bond donors (Lipinski definition) is 1. The molecule has 1 unspecified atom stereocenters. The summed E-state index contributed by atoms with van der Waals surface area (Å²) in [5, 5.41) is 4.21. The molecular formula is C18H22ClNO. The lowest BCUT2D eigenvalue weighted by atomic mass is 9.99. The maximum absolute atomic E-state index is 6.10. The van der Waals surface area contributed by atoms with Crippen molar-refractivity contribution in [2.24, 2.45) is 0 Å². The van der Waals surface area contributed by atoms with Gasteiger partial charge in [-0.1, -0.05) is 49.7 Å². The van der Waals surface area contributed by atoms with Gasteiger partial charge in [-0.3, -0.25) is 0 Å². The highest BCUT2D eigenvalue weighted by Gasteiger charge is 2.10. The third-order valence-corrected chi connectivity index (χ3v) is 3.88. The van der Waals surface area contributed by atoms with E-state index in [4.69, 9.17) is 16.3 Å². The number of ether oxygens (including phenoxy) is 1. The molecule has 0 fully saturated rings. The number of benzene rings is 2. The Balaban J connectivity index is 2.32. The number of rotatable bonds is 6. The van der Waals surface area contributed by atoms with E-state index in [2.05, 4.69) is 43.4 Å². The van der Waals surface area contributed by atoms with Crippen LogP contribution in [0.1, 0.15) is 31.9 Å². The zero-order chi connectivity index (χ0) is 15.2. The normalized spacial score (nSPS) is 12.2. The Labute approximate surface area is 132 Å². The maximum Gasteiger partial charge on any atom is 0.126 e. The fourth-order valence-electron chi connectivity index (χ4n) is 2.55. The second-order valence-corrected chi connectivity index (χ2v) is 5.42. The third kappa shape index (κ3) is 3.78. The van der Waals surface area contributed by atoms with E-state index in [1.54, 1.807) is 7.11 Å². The van der Waals surface area contributed by atoms with Crippen molar-refractivity contribution in [2.75, 3.05) is 13.7 Å². The Morgan fingerprint density at radius 1 is 1.10 bits per heavy atom. The zero-order valence-electron chi connectivity index (χ0n) is 12.8. The molecule has 3 heteroatoms. The Morgan fingerprint density at radius 3 is 2.38 bits per heavy atom. The van der Waals surface area contributed by atoms with Crippen LogP contribution >= 0.6 is 11.6 Å². The van der Waals surface area contributed by atoms with Gasteiger partial charge in [0, 0.05) is 16.6 Å². The molecule has 2 rings (SSSR count). The summed E-state index contributed by atoms with van der Waals surface area (Å²) < 4.78 is 5.42. The van der Waals surface area contributed by atoms with Crippen molar-refractivity contribution in [3.8, 4) is 16.9 Å². The van der Waals surface area contributed by atoms with E-state index in [-0.39, 0.29) is 0 Å². The minimum atomic E-state index is 0.408. The number of nitrogens with one attached hydrogen (secondary N) is 1. The van der Waals surface area contributed by atoms with Gasteiger partial charge in [-0.15, -0.1) is 0 Å². The lowest BCUT2D eigenvalue weighted by molar-refractivity contribution is 0.416. The second-order valence-electron chi connectivity index (χ2n) is 4.99. The molecule has 112 valence electrons. The fraction of sp³-hybridized carbons (Fsp3) is 0.333. The molecule has 0 bridgehead atoms. The molecule has 0 amide bonds. The molecule has 21 heavy (non-hydrogen) atoms. The second kappa shape index (κ2) is 7.48. The summed E-state index contributed by atoms with van der Waals surface area (Å²) in [5.74, 6) is 0.839. The van der Waals surface area contributed by atoms with Gasteiger partial charge in [-0.05, 0) is 42.3 Å². The van der Waals surface area contributed by atoms with E-state index in [9.17, 15) is 0 Å². The van der Waals surface area contributed by atoms with Gasteiger partial charge in [0.25, 0.3) is 0 Å². The smallest absolute Gasteiger partial charge is 0.126 e. The molecule has 0 saturated carbocycles. The zero-order valence-corrected chi connectivity index (χ0v) is 13.6. The molecule has 1 N–H and O–H groups in total.